The van der Waals surface area contributed by atoms with E-state index in [2.05, 4.69) is 20.3 Å². The summed E-state index contributed by atoms with van der Waals surface area (Å²) in [6.45, 7) is 4.14. The maximum atomic E-state index is 5.90. The Morgan fingerprint density at radius 3 is 2.71 bits per heavy atom. The number of hydrogen-bond donors (Lipinski definition) is 1. The number of rotatable bonds is 3. The van der Waals surface area contributed by atoms with Gasteiger partial charge in [-0.05, 0) is 25.4 Å². The molecule has 0 atom stereocenters. The second-order valence-corrected chi connectivity index (χ2v) is 4.18. The third-order valence-electron chi connectivity index (χ3n) is 2.19. The molecule has 0 aliphatic carbocycles. The quantitative estimate of drug-likeness (QED) is 0.871. The summed E-state index contributed by atoms with van der Waals surface area (Å²) in [6, 6.07) is 0. The summed E-state index contributed by atoms with van der Waals surface area (Å²) in [5.74, 6) is 1.83. The van der Waals surface area contributed by atoms with E-state index in [1.165, 1.54) is 6.20 Å². The SMILES string of the molecule is Cc1nc(CNc2nc(Cl)ncc2Cl)oc1C. The fraction of sp³-hybridized carbons (Fsp3) is 0.300. The molecule has 2 aromatic rings. The van der Waals surface area contributed by atoms with E-state index in [4.69, 9.17) is 27.6 Å². The fourth-order valence-electron chi connectivity index (χ4n) is 1.24. The van der Waals surface area contributed by atoms with Gasteiger partial charge in [0.15, 0.2) is 0 Å². The van der Waals surface area contributed by atoms with Crippen LogP contribution in [0.25, 0.3) is 0 Å². The molecule has 0 spiro atoms. The first-order valence-electron chi connectivity index (χ1n) is 4.91. The molecule has 2 rings (SSSR count). The van der Waals surface area contributed by atoms with Crippen LogP contribution in [0.4, 0.5) is 5.82 Å². The van der Waals surface area contributed by atoms with Crippen molar-refractivity contribution in [3.8, 4) is 0 Å². The van der Waals surface area contributed by atoms with E-state index >= 15 is 0 Å². The first-order chi connectivity index (χ1) is 8.06. The van der Waals surface area contributed by atoms with Crippen LogP contribution in [0.2, 0.25) is 10.3 Å². The highest BCUT2D eigenvalue weighted by Crippen LogP contribution is 2.20. The molecule has 2 aromatic heterocycles. The molecule has 5 nitrogen and oxygen atoms in total. The van der Waals surface area contributed by atoms with Gasteiger partial charge in [-0.1, -0.05) is 11.6 Å². The van der Waals surface area contributed by atoms with Crippen LogP contribution in [0.1, 0.15) is 17.3 Å². The van der Waals surface area contributed by atoms with Crippen molar-refractivity contribution in [3.63, 3.8) is 0 Å². The van der Waals surface area contributed by atoms with E-state index in [1.807, 2.05) is 13.8 Å². The molecule has 0 aliphatic rings. The molecule has 1 N–H and O–H groups in total. The summed E-state index contributed by atoms with van der Waals surface area (Å²) in [5, 5.41) is 3.52. The Labute approximate surface area is 108 Å². The zero-order chi connectivity index (χ0) is 12.4. The second-order valence-electron chi connectivity index (χ2n) is 3.44. The highest BCUT2D eigenvalue weighted by Gasteiger charge is 2.08. The van der Waals surface area contributed by atoms with Crippen molar-refractivity contribution in [3.05, 3.63) is 33.8 Å². The summed E-state index contributed by atoms with van der Waals surface area (Å²) in [5.41, 5.74) is 0.869. The van der Waals surface area contributed by atoms with Crippen LogP contribution in [0.15, 0.2) is 10.6 Å². The molecule has 0 aliphatic heterocycles. The Kier molecular flexibility index (Phi) is 3.49. The van der Waals surface area contributed by atoms with Crippen LogP contribution in [-0.2, 0) is 6.54 Å². The van der Waals surface area contributed by atoms with Crippen LogP contribution < -0.4 is 5.32 Å². The van der Waals surface area contributed by atoms with Gasteiger partial charge in [0.05, 0.1) is 18.4 Å². The van der Waals surface area contributed by atoms with Gasteiger partial charge in [-0.25, -0.2) is 9.97 Å². The molecule has 0 unspecified atom stereocenters. The van der Waals surface area contributed by atoms with Crippen LogP contribution in [0.3, 0.4) is 0 Å². The smallest absolute Gasteiger partial charge is 0.224 e. The number of oxazole rings is 1. The van der Waals surface area contributed by atoms with Crippen molar-refractivity contribution in [1.82, 2.24) is 15.0 Å². The highest BCUT2D eigenvalue weighted by atomic mass is 35.5. The molecule has 2 heterocycles. The molecule has 7 heteroatoms. The number of nitrogens with one attached hydrogen (secondary N) is 1. The van der Waals surface area contributed by atoms with E-state index in [0.29, 0.717) is 23.3 Å². The van der Waals surface area contributed by atoms with Gasteiger partial charge in [-0.15, -0.1) is 0 Å². The normalized spacial score (nSPS) is 10.6. The summed E-state index contributed by atoms with van der Waals surface area (Å²) >= 11 is 11.6. The van der Waals surface area contributed by atoms with Gasteiger partial charge in [0, 0.05) is 0 Å². The van der Waals surface area contributed by atoms with Crippen LogP contribution in [-0.4, -0.2) is 15.0 Å². The maximum absolute atomic E-state index is 5.90. The van der Waals surface area contributed by atoms with Crippen LogP contribution >= 0.6 is 23.2 Å². The topological polar surface area (TPSA) is 63.8 Å². The summed E-state index contributed by atoms with van der Waals surface area (Å²) < 4.78 is 5.41. The van der Waals surface area contributed by atoms with Crippen molar-refractivity contribution in [2.45, 2.75) is 20.4 Å². The van der Waals surface area contributed by atoms with Crippen molar-refractivity contribution in [1.29, 1.82) is 0 Å². The van der Waals surface area contributed by atoms with Gasteiger partial charge in [-0.2, -0.15) is 4.98 Å². The van der Waals surface area contributed by atoms with E-state index in [0.717, 1.165) is 11.5 Å². The molecule has 0 amide bonds. The van der Waals surface area contributed by atoms with Gasteiger partial charge in [-0.3, -0.25) is 0 Å². The highest BCUT2D eigenvalue weighted by molar-refractivity contribution is 6.33. The zero-order valence-corrected chi connectivity index (χ0v) is 10.8. The lowest BCUT2D eigenvalue weighted by Gasteiger charge is -2.04. The molecule has 0 fully saturated rings. The minimum atomic E-state index is 0.136. The Morgan fingerprint density at radius 1 is 1.29 bits per heavy atom. The fourth-order valence-corrected chi connectivity index (χ4v) is 1.53. The number of anilines is 1. The number of aryl methyl sites for hydroxylation is 2. The van der Waals surface area contributed by atoms with Gasteiger partial charge in [0.2, 0.25) is 11.2 Å². The van der Waals surface area contributed by atoms with Crippen molar-refractivity contribution in [2.75, 3.05) is 5.32 Å². The summed E-state index contributed by atoms with van der Waals surface area (Å²) in [7, 11) is 0. The van der Waals surface area contributed by atoms with Crippen molar-refractivity contribution < 1.29 is 4.42 Å². The van der Waals surface area contributed by atoms with Crippen LogP contribution in [0, 0.1) is 13.8 Å². The van der Waals surface area contributed by atoms with Gasteiger partial charge in [0.25, 0.3) is 0 Å². The largest absolute Gasteiger partial charge is 0.444 e. The standard InChI is InChI=1S/C10H10Cl2N4O/c1-5-6(2)17-8(15-5)4-13-9-7(11)3-14-10(12)16-9/h3H,4H2,1-2H3,(H,13,14,16). The van der Waals surface area contributed by atoms with Crippen molar-refractivity contribution in [2.24, 2.45) is 0 Å². The molecule has 0 aromatic carbocycles. The molecular formula is C10H10Cl2N4O. The number of nitrogens with zero attached hydrogens (tertiary/aromatic N) is 3. The average molecular weight is 273 g/mol. The van der Waals surface area contributed by atoms with Crippen LogP contribution in [0.5, 0.6) is 0 Å². The van der Waals surface area contributed by atoms with E-state index in [1.54, 1.807) is 0 Å². The molecule has 90 valence electrons. The van der Waals surface area contributed by atoms with E-state index in [-0.39, 0.29) is 5.28 Å². The first-order valence-corrected chi connectivity index (χ1v) is 5.66. The lowest BCUT2D eigenvalue weighted by molar-refractivity contribution is 0.478. The Morgan fingerprint density at radius 2 is 2.06 bits per heavy atom. The van der Waals surface area contributed by atoms with E-state index < -0.39 is 0 Å². The Hall–Kier alpha value is -1.33. The number of aromatic nitrogens is 3. The molecular weight excluding hydrogens is 263 g/mol. The van der Waals surface area contributed by atoms with Crippen molar-refractivity contribution >= 4 is 29.0 Å². The number of halogens is 2. The maximum Gasteiger partial charge on any atom is 0.224 e. The molecule has 0 saturated carbocycles. The number of hydrogen-bond acceptors (Lipinski definition) is 5. The predicted octanol–water partition coefficient (Wildman–Crippen LogP) is 3.00. The second kappa shape index (κ2) is 4.89. The Bertz CT molecular complexity index is 522. The van der Waals surface area contributed by atoms with Gasteiger partial charge < -0.3 is 9.73 Å². The van der Waals surface area contributed by atoms with Gasteiger partial charge in [0.1, 0.15) is 16.6 Å². The van der Waals surface area contributed by atoms with E-state index in [9.17, 15) is 0 Å². The first kappa shape index (κ1) is 12.1. The predicted molar refractivity (Wildman–Crippen MR) is 65.4 cm³/mol. The summed E-state index contributed by atoms with van der Waals surface area (Å²) in [4.78, 5) is 11.9. The minimum Gasteiger partial charge on any atom is -0.444 e. The zero-order valence-electron chi connectivity index (χ0n) is 9.29. The Balaban J connectivity index is 2.09. The minimum absolute atomic E-state index is 0.136. The monoisotopic (exact) mass is 272 g/mol. The molecule has 0 bridgehead atoms. The lowest BCUT2D eigenvalue weighted by atomic mass is 10.4. The third kappa shape index (κ3) is 2.87. The lowest BCUT2D eigenvalue weighted by Crippen LogP contribution is -2.03. The molecule has 0 saturated heterocycles. The molecule has 17 heavy (non-hydrogen) atoms. The third-order valence-corrected chi connectivity index (χ3v) is 2.65. The van der Waals surface area contributed by atoms with Gasteiger partial charge >= 0.3 is 0 Å². The summed E-state index contributed by atoms with van der Waals surface area (Å²) in [6.07, 6.45) is 1.44. The average Bonchev–Trinajstić information content (AvgIpc) is 2.60. The molecule has 0 radical (unpaired) electrons.